The Morgan fingerprint density at radius 3 is 2.17 bits per heavy atom. The molecule has 2 nitrogen and oxygen atoms in total. The van der Waals surface area contributed by atoms with E-state index in [1.807, 2.05) is 6.92 Å². The first-order valence-electron chi connectivity index (χ1n) is 7.16. The van der Waals surface area contributed by atoms with Crippen molar-refractivity contribution in [2.24, 2.45) is 5.73 Å². The summed E-state index contributed by atoms with van der Waals surface area (Å²) in [6.07, 6.45) is 4.33. The van der Waals surface area contributed by atoms with E-state index in [0.717, 1.165) is 32.3 Å². The van der Waals surface area contributed by atoms with Gasteiger partial charge in [-0.15, -0.1) is 0 Å². The van der Waals surface area contributed by atoms with Crippen LogP contribution in [0.3, 0.4) is 0 Å². The molecule has 0 aliphatic heterocycles. The van der Waals surface area contributed by atoms with Gasteiger partial charge < -0.3 is 10.5 Å². The smallest absolute Gasteiger partial charge is 0.0728 e. The monoisotopic (exact) mass is 249 g/mol. The SMILES string of the molecule is CCCC(OCC)C(N)Cc1ccc(CC)cc1. The van der Waals surface area contributed by atoms with Crippen molar-refractivity contribution in [2.75, 3.05) is 6.61 Å². The Morgan fingerprint density at radius 1 is 1.06 bits per heavy atom. The van der Waals surface area contributed by atoms with E-state index in [9.17, 15) is 0 Å². The first-order chi connectivity index (χ1) is 8.71. The summed E-state index contributed by atoms with van der Waals surface area (Å²) in [5.74, 6) is 0. The van der Waals surface area contributed by atoms with Gasteiger partial charge in [0.05, 0.1) is 6.10 Å². The molecule has 2 heteroatoms. The Morgan fingerprint density at radius 2 is 1.67 bits per heavy atom. The molecule has 0 radical (unpaired) electrons. The highest BCUT2D eigenvalue weighted by atomic mass is 16.5. The maximum atomic E-state index is 6.27. The van der Waals surface area contributed by atoms with Crippen molar-refractivity contribution in [1.82, 2.24) is 0 Å². The minimum Gasteiger partial charge on any atom is -0.377 e. The van der Waals surface area contributed by atoms with Crippen LogP contribution >= 0.6 is 0 Å². The van der Waals surface area contributed by atoms with Gasteiger partial charge in [-0.2, -0.15) is 0 Å². The van der Waals surface area contributed by atoms with Crippen LogP contribution in [0.4, 0.5) is 0 Å². The third-order valence-corrected chi connectivity index (χ3v) is 3.33. The molecule has 0 bridgehead atoms. The number of hydrogen-bond acceptors (Lipinski definition) is 2. The second kappa shape index (κ2) is 8.28. The van der Waals surface area contributed by atoms with Gasteiger partial charge in [-0.05, 0) is 37.3 Å². The third-order valence-electron chi connectivity index (χ3n) is 3.33. The lowest BCUT2D eigenvalue weighted by Gasteiger charge is -2.23. The molecule has 2 N–H and O–H groups in total. The van der Waals surface area contributed by atoms with Crippen LogP contribution in [0.25, 0.3) is 0 Å². The minimum atomic E-state index is 0.0948. The van der Waals surface area contributed by atoms with E-state index in [1.165, 1.54) is 11.1 Å². The van der Waals surface area contributed by atoms with Gasteiger partial charge in [0.2, 0.25) is 0 Å². The Labute approximate surface area is 112 Å². The zero-order chi connectivity index (χ0) is 13.4. The van der Waals surface area contributed by atoms with Gasteiger partial charge in [0.15, 0.2) is 0 Å². The van der Waals surface area contributed by atoms with Crippen LogP contribution < -0.4 is 5.73 Å². The molecule has 0 aromatic heterocycles. The highest BCUT2D eigenvalue weighted by Gasteiger charge is 2.17. The summed E-state index contributed by atoms with van der Waals surface area (Å²) in [4.78, 5) is 0. The minimum absolute atomic E-state index is 0.0948. The number of aryl methyl sites for hydroxylation is 1. The van der Waals surface area contributed by atoms with Crippen LogP contribution in [0.5, 0.6) is 0 Å². The highest BCUT2D eigenvalue weighted by Crippen LogP contribution is 2.12. The predicted molar refractivity (Wildman–Crippen MR) is 77.8 cm³/mol. The standard InChI is InChI=1S/C16H27NO/c1-4-7-16(18-6-3)15(17)12-14-10-8-13(5-2)9-11-14/h8-11,15-16H,4-7,12,17H2,1-3H3. The molecule has 0 saturated heterocycles. The fourth-order valence-electron chi connectivity index (χ4n) is 2.23. The average Bonchev–Trinajstić information content (AvgIpc) is 2.39. The molecule has 0 spiro atoms. The van der Waals surface area contributed by atoms with E-state index in [-0.39, 0.29) is 12.1 Å². The van der Waals surface area contributed by atoms with Gasteiger partial charge in [-0.25, -0.2) is 0 Å². The molecule has 1 rings (SSSR count). The van der Waals surface area contributed by atoms with Gasteiger partial charge in [0.1, 0.15) is 0 Å². The summed E-state index contributed by atoms with van der Waals surface area (Å²) in [5, 5.41) is 0. The molecule has 2 atom stereocenters. The first-order valence-corrected chi connectivity index (χ1v) is 7.16. The first kappa shape index (κ1) is 15.2. The van der Waals surface area contributed by atoms with Crippen LogP contribution in [0, 0.1) is 0 Å². The molecule has 0 aliphatic carbocycles. The Balaban J connectivity index is 2.57. The number of hydrogen-bond donors (Lipinski definition) is 1. The van der Waals surface area contributed by atoms with Gasteiger partial charge in [-0.3, -0.25) is 0 Å². The highest BCUT2D eigenvalue weighted by molar-refractivity contribution is 5.23. The summed E-state index contributed by atoms with van der Waals surface area (Å²) in [7, 11) is 0. The number of rotatable bonds is 8. The van der Waals surface area contributed by atoms with E-state index < -0.39 is 0 Å². The summed E-state index contributed by atoms with van der Waals surface area (Å²) in [5.41, 5.74) is 8.95. The van der Waals surface area contributed by atoms with Crippen molar-refractivity contribution >= 4 is 0 Å². The van der Waals surface area contributed by atoms with Crippen LogP contribution in [-0.2, 0) is 17.6 Å². The fourth-order valence-corrected chi connectivity index (χ4v) is 2.23. The molecule has 0 amide bonds. The van der Waals surface area contributed by atoms with E-state index in [4.69, 9.17) is 10.5 Å². The van der Waals surface area contributed by atoms with Crippen molar-refractivity contribution in [2.45, 2.75) is 58.6 Å². The van der Waals surface area contributed by atoms with Crippen molar-refractivity contribution in [3.63, 3.8) is 0 Å². The topological polar surface area (TPSA) is 35.2 Å². The second-order valence-corrected chi connectivity index (χ2v) is 4.82. The van der Waals surface area contributed by atoms with E-state index in [1.54, 1.807) is 0 Å². The molecule has 2 unspecified atom stereocenters. The fraction of sp³-hybridized carbons (Fsp3) is 0.625. The van der Waals surface area contributed by atoms with Gasteiger partial charge in [0, 0.05) is 12.6 Å². The van der Waals surface area contributed by atoms with Crippen LogP contribution in [-0.4, -0.2) is 18.8 Å². The summed E-state index contributed by atoms with van der Waals surface area (Å²) < 4.78 is 5.74. The molecule has 0 fully saturated rings. The second-order valence-electron chi connectivity index (χ2n) is 4.82. The number of ether oxygens (including phenoxy) is 1. The van der Waals surface area contributed by atoms with E-state index in [2.05, 4.69) is 38.1 Å². The number of nitrogens with two attached hydrogens (primary N) is 1. The maximum Gasteiger partial charge on any atom is 0.0728 e. The quantitative estimate of drug-likeness (QED) is 0.767. The Kier molecular flexibility index (Phi) is 6.99. The van der Waals surface area contributed by atoms with E-state index in [0.29, 0.717) is 0 Å². The molecule has 0 aliphatic rings. The normalized spacial score (nSPS) is 14.4. The van der Waals surface area contributed by atoms with Crippen LogP contribution in [0.1, 0.15) is 44.7 Å². The Bertz CT molecular complexity index is 314. The Hall–Kier alpha value is -0.860. The van der Waals surface area contributed by atoms with Crippen molar-refractivity contribution in [1.29, 1.82) is 0 Å². The van der Waals surface area contributed by atoms with Crippen molar-refractivity contribution in [3.8, 4) is 0 Å². The van der Waals surface area contributed by atoms with Gasteiger partial charge >= 0.3 is 0 Å². The predicted octanol–water partition coefficient (Wildman–Crippen LogP) is 3.32. The zero-order valence-electron chi connectivity index (χ0n) is 12.0. The van der Waals surface area contributed by atoms with Crippen LogP contribution in [0.15, 0.2) is 24.3 Å². The lowest BCUT2D eigenvalue weighted by atomic mass is 9.98. The molecule has 1 aromatic rings. The largest absolute Gasteiger partial charge is 0.377 e. The molecule has 0 saturated carbocycles. The van der Waals surface area contributed by atoms with Crippen LogP contribution in [0.2, 0.25) is 0 Å². The van der Waals surface area contributed by atoms with Crippen molar-refractivity contribution < 1.29 is 4.74 Å². The summed E-state index contributed by atoms with van der Waals surface area (Å²) >= 11 is 0. The molecule has 18 heavy (non-hydrogen) atoms. The zero-order valence-corrected chi connectivity index (χ0v) is 12.0. The maximum absolute atomic E-state index is 6.27. The molecular formula is C16H27NO. The van der Waals surface area contributed by atoms with Crippen molar-refractivity contribution in [3.05, 3.63) is 35.4 Å². The lowest BCUT2D eigenvalue weighted by Crippen LogP contribution is -2.38. The lowest BCUT2D eigenvalue weighted by molar-refractivity contribution is 0.0378. The number of benzene rings is 1. The molecule has 102 valence electrons. The summed E-state index contributed by atoms with van der Waals surface area (Å²) in [6.45, 7) is 7.13. The third kappa shape index (κ3) is 4.79. The molecular weight excluding hydrogens is 222 g/mol. The average molecular weight is 249 g/mol. The summed E-state index contributed by atoms with van der Waals surface area (Å²) in [6, 6.07) is 8.86. The molecule has 0 heterocycles. The van der Waals surface area contributed by atoms with Gasteiger partial charge in [0.25, 0.3) is 0 Å². The van der Waals surface area contributed by atoms with Gasteiger partial charge in [-0.1, -0.05) is 44.5 Å². The molecule has 1 aromatic carbocycles. The van der Waals surface area contributed by atoms with E-state index >= 15 is 0 Å².